The van der Waals surface area contributed by atoms with Crippen LogP contribution in [0.5, 0.6) is 0 Å². The molecular formula is C14H17N3O2S. The molecule has 106 valence electrons. The van der Waals surface area contributed by atoms with E-state index in [1.54, 1.807) is 4.90 Å². The van der Waals surface area contributed by atoms with Crippen molar-refractivity contribution in [3.63, 3.8) is 0 Å². The van der Waals surface area contributed by atoms with Gasteiger partial charge in [0.25, 0.3) is 5.91 Å². The molecule has 1 fully saturated rings. The number of aryl methyl sites for hydroxylation is 1. The fourth-order valence-corrected chi connectivity index (χ4v) is 3.19. The molecule has 2 amide bonds. The number of likely N-dealkylation sites (tertiary alicyclic amines) is 1. The Balaban J connectivity index is 2.12. The molecule has 1 aliphatic heterocycles. The summed E-state index contributed by atoms with van der Waals surface area (Å²) >= 11 is 1.37. The molecule has 2 rings (SSSR count). The van der Waals surface area contributed by atoms with E-state index < -0.39 is 0 Å². The lowest BCUT2D eigenvalue weighted by Gasteiger charge is -2.14. The molecule has 2 heterocycles. The van der Waals surface area contributed by atoms with Gasteiger partial charge >= 0.3 is 0 Å². The summed E-state index contributed by atoms with van der Waals surface area (Å²) in [6.45, 7) is 3.21. The first-order valence-electron chi connectivity index (χ1n) is 6.41. The van der Waals surface area contributed by atoms with Crippen molar-refractivity contribution >= 4 is 23.2 Å². The number of carbonyl (C=O) groups excluding carboxylic acids is 2. The maximum atomic E-state index is 12.4. The fraction of sp³-hybridized carbons (Fsp3) is 0.429. The molecule has 0 radical (unpaired) electrons. The van der Waals surface area contributed by atoms with Crippen LogP contribution in [0, 0.1) is 24.7 Å². The Hall–Kier alpha value is -1.84. The molecule has 1 aromatic rings. The van der Waals surface area contributed by atoms with Gasteiger partial charge in [0, 0.05) is 13.1 Å². The van der Waals surface area contributed by atoms with E-state index in [9.17, 15) is 9.59 Å². The van der Waals surface area contributed by atoms with Crippen LogP contribution in [0.4, 0.5) is 0 Å². The van der Waals surface area contributed by atoms with Crippen LogP contribution < -0.4 is 11.5 Å². The Kier molecular flexibility index (Phi) is 4.42. The monoisotopic (exact) mass is 291 g/mol. The SMILES string of the molecule is Cc1cc(C(=O)N2CCC(C(N)=O)C2)sc1C#CCN. The number of rotatable bonds is 2. The summed E-state index contributed by atoms with van der Waals surface area (Å²) in [4.78, 5) is 26.7. The normalized spacial score (nSPS) is 17.7. The number of thiophene rings is 1. The van der Waals surface area contributed by atoms with Gasteiger partial charge in [0.1, 0.15) is 0 Å². The van der Waals surface area contributed by atoms with Crippen molar-refractivity contribution in [1.29, 1.82) is 0 Å². The predicted molar refractivity (Wildman–Crippen MR) is 78.2 cm³/mol. The number of hydrogen-bond acceptors (Lipinski definition) is 4. The van der Waals surface area contributed by atoms with Crippen molar-refractivity contribution in [3.05, 3.63) is 21.4 Å². The summed E-state index contributed by atoms with van der Waals surface area (Å²) in [6.07, 6.45) is 0.644. The first-order valence-corrected chi connectivity index (χ1v) is 7.22. The topological polar surface area (TPSA) is 89.4 Å². The van der Waals surface area contributed by atoms with Gasteiger partial charge in [-0.2, -0.15) is 0 Å². The molecule has 0 saturated carbocycles. The third kappa shape index (κ3) is 3.00. The number of carbonyl (C=O) groups is 2. The third-order valence-corrected chi connectivity index (χ3v) is 4.45. The number of amides is 2. The van der Waals surface area contributed by atoms with Crippen LogP contribution >= 0.6 is 11.3 Å². The van der Waals surface area contributed by atoms with Crippen LogP contribution in [0.1, 0.15) is 26.5 Å². The Labute approximate surface area is 121 Å². The van der Waals surface area contributed by atoms with Gasteiger partial charge in [-0.3, -0.25) is 9.59 Å². The van der Waals surface area contributed by atoms with Crippen LogP contribution in [-0.2, 0) is 4.79 Å². The van der Waals surface area contributed by atoms with Gasteiger partial charge in [-0.25, -0.2) is 0 Å². The first-order chi connectivity index (χ1) is 9.52. The zero-order valence-corrected chi connectivity index (χ0v) is 12.1. The van der Waals surface area contributed by atoms with Gasteiger partial charge in [-0.05, 0) is 25.0 Å². The van der Waals surface area contributed by atoms with Crippen molar-refractivity contribution in [2.24, 2.45) is 17.4 Å². The van der Waals surface area contributed by atoms with Crippen LogP contribution in [0.3, 0.4) is 0 Å². The smallest absolute Gasteiger partial charge is 0.263 e. The maximum Gasteiger partial charge on any atom is 0.263 e. The summed E-state index contributed by atoms with van der Waals surface area (Å²) in [6, 6.07) is 1.84. The molecule has 0 aromatic carbocycles. The Morgan fingerprint density at radius 1 is 1.55 bits per heavy atom. The van der Waals surface area contributed by atoms with Crippen molar-refractivity contribution in [3.8, 4) is 11.8 Å². The summed E-state index contributed by atoms with van der Waals surface area (Å²) in [5.41, 5.74) is 11.6. The van der Waals surface area contributed by atoms with Gasteiger partial charge in [-0.1, -0.05) is 11.8 Å². The highest BCUT2D eigenvalue weighted by Crippen LogP contribution is 2.25. The molecule has 0 bridgehead atoms. The standard InChI is InChI=1S/C14H17N3O2S/c1-9-7-12(20-11(9)3-2-5-15)14(19)17-6-4-10(8-17)13(16)18/h7,10H,4-6,8,15H2,1H3,(H2,16,18). The molecule has 6 heteroatoms. The number of hydrogen-bond donors (Lipinski definition) is 2. The van der Waals surface area contributed by atoms with E-state index in [2.05, 4.69) is 11.8 Å². The van der Waals surface area contributed by atoms with Gasteiger partial charge < -0.3 is 16.4 Å². The lowest BCUT2D eigenvalue weighted by atomic mass is 10.1. The molecule has 4 N–H and O–H groups in total. The van der Waals surface area contributed by atoms with Gasteiger partial charge in [-0.15, -0.1) is 11.3 Å². The van der Waals surface area contributed by atoms with E-state index in [1.165, 1.54) is 11.3 Å². The Morgan fingerprint density at radius 3 is 2.90 bits per heavy atom. The van der Waals surface area contributed by atoms with E-state index in [-0.39, 0.29) is 17.7 Å². The average molecular weight is 291 g/mol. The maximum absolute atomic E-state index is 12.4. The number of nitrogens with two attached hydrogens (primary N) is 2. The van der Waals surface area contributed by atoms with Crippen molar-refractivity contribution < 1.29 is 9.59 Å². The molecule has 1 saturated heterocycles. The quantitative estimate of drug-likeness (QED) is 0.769. The summed E-state index contributed by atoms with van der Waals surface area (Å²) in [5, 5.41) is 0. The molecule has 20 heavy (non-hydrogen) atoms. The average Bonchev–Trinajstić information content (AvgIpc) is 3.02. The second-order valence-electron chi connectivity index (χ2n) is 4.77. The largest absolute Gasteiger partial charge is 0.369 e. The van der Waals surface area contributed by atoms with E-state index in [4.69, 9.17) is 11.5 Å². The third-order valence-electron chi connectivity index (χ3n) is 3.31. The second kappa shape index (κ2) is 6.07. The van der Waals surface area contributed by atoms with Gasteiger partial charge in [0.05, 0.1) is 22.2 Å². The van der Waals surface area contributed by atoms with Crippen molar-refractivity contribution in [2.45, 2.75) is 13.3 Å². The molecule has 1 unspecified atom stereocenters. The zero-order valence-electron chi connectivity index (χ0n) is 11.3. The lowest BCUT2D eigenvalue weighted by Crippen LogP contribution is -2.31. The number of nitrogens with zero attached hydrogens (tertiary/aromatic N) is 1. The highest BCUT2D eigenvalue weighted by molar-refractivity contribution is 7.14. The second-order valence-corrected chi connectivity index (χ2v) is 5.82. The van der Waals surface area contributed by atoms with Crippen LogP contribution in [-0.4, -0.2) is 36.3 Å². The van der Waals surface area contributed by atoms with Crippen LogP contribution in [0.25, 0.3) is 0 Å². The highest BCUT2D eigenvalue weighted by Gasteiger charge is 2.30. The molecule has 1 aliphatic rings. The van der Waals surface area contributed by atoms with Crippen LogP contribution in [0.15, 0.2) is 6.07 Å². The van der Waals surface area contributed by atoms with E-state index in [0.717, 1.165) is 10.4 Å². The Morgan fingerprint density at radius 2 is 2.30 bits per heavy atom. The lowest BCUT2D eigenvalue weighted by molar-refractivity contribution is -0.121. The Bertz CT molecular complexity index is 597. The minimum absolute atomic E-state index is 0.0531. The summed E-state index contributed by atoms with van der Waals surface area (Å²) < 4.78 is 0. The van der Waals surface area contributed by atoms with Crippen molar-refractivity contribution in [2.75, 3.05) is 19.6 Å². The van der Waals surface area contributed by atoms with Crippen LogP contribution in [0.2, 0.25) is 0 Å². The minimum atomic E-state index is -0.336. The zero-order chi connectivity index (χ0) is 14.7. The van der Waals surface area contributed by atoms with E-state index in [0.29, 0.717) is 30.9 Å². The minimum Gasteiger partial charge on any atom is -0.369 e. The van der Waals surface area contributed by atoms with Gasteiger partial charge in [0.2, 0.25) is 5.91 Å². The first kappa shape index (κ1) is 14.6. The molecular weight excluding hydrogens is 274 g/mol. The highest BCUT2D eigenvalue weighted by atomic mass is 32.1. The van der Waals surface area contributed by atoms with Gasteiger partial charge in [0.15, 0.2) is 0 Å². The number of primary amides is 1. The molecule has 0 aliphatic carbocycles. The molecule has 1 aromatic heterocycles. The summed E-state index contributed by atoms with van der Waals surface area (Å²) in [5.74, 6) is 5.14. The molecule has 0 spiro atoms. The van der Waals surface area contributed by atoms with Crippen molar-refractivity contribution in [1.82, 2.24) is 4.90 Å². The fourth-order valence-electron chi connectivity index (χ4n) is 2.18. The van der Waals surface area contributed by atoms with E-state index >= 15 is 0 Å². The summed E-state index contributed by atoms with van der Waals surface area (Å²) in [7, 11) is 0. The molecule has 5 nitrogen and oxygen atoms in total. The molecule has 1 atom stereocenters. The predicted octanol–water partition coefficient (Wildman–Crippen LogP) is 0.314. The van der Waals surface area contributed by atoms with E-state index in [1.807, 2.05) is 13.0 Å².